The van der Waals surface area contributed by atoms with Gasteiger partial charge in [-0.1, -0.05) is 6.07 Å². The highest BCUT2D eigenvalue weighted by molar-refractivity contribution is 5.79. The Morgan fingerprint density at radius 3 is 2.42 bits per heavy atom. The van der Waals surface area contributed by atoms with Crippen molar-refractivity contribution in [2.45, 2.75) is 13.8 Å². The maximum Gasteiger partial charge on any atom is 0.153 e. The highest BCUT2D eigenvalue weighted by Crippen LogP contribution is 2.44. The number of hydrogen-bond acceptors (Lipinski definition) is 3. The zero-order chi connectivity index (χ0) is 13.6. The minimum Gasteiger partial charge on any atom is -0.453 e. The summed E-state index contributed by atoms with van der Waals surface area (Å²) in [7, 11) is 4.09. The third-order valence-corrected chi connectivity index (χ3v) is 3.40. The zero-order valence-electron chi connectivity index (χ0n) is 11.7. The summed E-state index contributed by atoms with van der Waals surface area (Å²) in [5, 5.41) is 3.44. The topological polar surface area (TPSA) is 24.5 Å². The largest absolute Gasteiger partial charge is 0.453 e. The van der Waals surface area contributed by atoms with E-state index in [0.717, 1.165) is 22.9 Å². The number of fused-ring (bicyclic) bond motifs is 2. The van der Waals surface area contributed by atoms with E-state index in [9.17, 15) is 0 Å². The van der Waals surface area contributed by atoms with Crippen LogP contribution >= 0.6 is 0 Å². The van der Waals surface area contributed by atoms with E-state index >= 15 is 0 Å². The average molecular weight is 254 g/mol. The highest BCUT2D eigenvalue weighted by atomic mass is 16.5. The Bertz CT molecular complexity index is 647. The Hall–Kier alpha value is -2.16. The summed E-state index contributed by atoms with van der Waals surface area (Å²) in [5.74, 6) is 1.76. The molecule has 0 atom stereocenters. The Morgan fingerprint density at radius 2 is 1.68 bits per heavy atom. The number of ether oxygens (including phenoxy) is 1. The van der Waals surface area contributed by atoms with E-state index in [0.29, 0.717) is 0 Å². The number of nitrogens with zero attached hydrogens (tertiary/aromatic N) is 1. The summed E-state index contributed by atoms with van der Waals surface area (Å²) in [5.41, 5.74) is 5.69. The van der Waals surface area contributed by atoms with Gasteiger partial charge in [0, 0.05) is 25.8 Å². The summed E-state index contributed by atoms with van der Waals surface area (Å²) in [6.07, 6.45) is 0. The van der Waals surface area contributed by atoms with Crippen molar-refractivity contribution in [3.05, 3.63) is 41.5 Å². The number of anilines is 3. The predicted molar refractivity (Wildman–Crippen MR) is 80.0 cm³/mol. The van der Waals surface area contributed by atoms with Crippen LogP contribution in [0, 0.1) is 13.8 Å². The van der Waals surface area contributed by atoms with Gasteiger partial charge in [-0.3, -0.25) is 0 Å². The third-order valence-electron chi connectivity index (χ3n) is 3.40. The Labute approximate surface area is 113 Å². The second kappa shape index (κ2) is 4.19. The lowest BCUT2D eigenvalue weighted by Gasteiger charge is -2.25. The molecule has 3 heteroatoms. The summed E-state index contributed by atoms with van der Waals surface area (Å²) in [4.78, 5) is 2.10. The van der Waals surface area contributed by atoms with E-state index in [1.807, 2.05) is 20.2 Å². The Morgan fingerprint density at radius 1 is 0.947 bits per heavy atom. The van der Waals surface area contributed by atoms with Gasteiger partial charge in [0.25, 0.3) is 0 Å². The van der Waals surface area contributed by atoms with Gasteiger partial charge in [-0.05, 0) is 43.2 Å². The first-order valence-corrected chi connectivity index (χ1v) is 6.42. The van der Waals surface area contributed by atoms with Crippen LogP contribution < -0.4 is 15.0 Å². The molecule has 1 N–H and O–H groups in total. The standard InChI is InChI=1S/C16H18N2O/c1-10-5-6-15-12(7-10)17-13-8-11(2)14(18(3)4)9-16(13)19-15/h5-9,17H,1-4H3. The van der Waals surface area contributed by atoms with Crippen LogP contribution in [0.2, 0.25) is 0 Å². The molecule has 3 nitrogen and oxygen atoms in total. The van der Waals surface area contributed by atoms with E-state index < -0.39 is 0 Å². The molecule has 0 bridgehead atoms. The van der Waals surface area contributed by atoms with Crippen molar-refractivity contribution >= 4 is 17.1 Å². The number of nitrogens with one attached hydrogen (secondary N) is 1. The lowest BCUT2D eigenvalue weighted by atomic mass is 10.1. The van der Waals surface area contributed by atoms with Crippen molar-refractivity contribution < 1.29 is 4.74 Å². The minimum absolute atomic E-state index is 0.880. The lowest BCUT2D eigenvalue weighted by molar-refractivity contribution is 0.481. The molecule has 0 amide bonds. The number of rotatable bonds is 1. The molecule has 0 saturated carbocycles. The van der Waals surface area contributed by atoms with E-state index in [1.165, 1.54) is 16.8 Å². The first-order valence-electron chi connectivity index (χ1n) is 6.42. The second-order valence-corrected chi connectivity index (χ2v) is 5.26. The smallest absolute Gasteiger partial charge is 0.153 e. The van der Waals surface area contributed by atoms with Crippen molar-refractivity contribution in [1.82, 2.24) is 0 Å². The molecular formula is C16H18N2O. The maximum absolute atomic E-state index is 5.99. The third kappa shape index (κ3) is 2.01. The van der Waals surface area contributed by atoms with Gasteiger partial charge in [-0.2, -0.15) is 0 Å². The minimum atomic E-state index is 0.880. The molecule has 19 heavy (non-hydrogen) atoms. The van der Waals surface area contributed by atoms with Gasteiger partial charge in [0.2, 0.25) is 0 Å². The number of hydrogen-bond donors (Lipinski definition) is 1. The molecule has 1 heterocycles. The van der Waals surface area contributed by atoms with E-state index in [1.54, 1.807) is 0 Å². The molecule has 0 spiro atoms. The Kier molecular flexibility index (Phi) is 2.63. The van der Waals surface area contributed by atoms with Gasteiger partial charge in [0.1, 0.15) is 0 Å². The lowest BCUT2D eigenvalue weighted by Crippen LogP contribution is -2.12. The second-order valence-electron chi connectivity index (χ2n) is 5.26. The average Bonchev–Trinajstić information content (AvgIpc) is 2.35. The maximum atomic E-state index is 5.99. The van der Waals surface area contributed by atoms with Crippen LogP contribution in [0.15, 0.2) is 30.3 Å². The van der Waals surface area contributed by atoms with Crippen molar-refractivity contribution in [1.29, 1.82) is 0 Å². The van der Waals surface area contributed by atoms with Gasteiger partial charge in [-0.25, -0.2) is 0 Å². The van der Waals surface area contributed by atoms with Gasteiger partial charge in [0.05, 0.1) is 11.4 Å². The van der Waals surface area contributed by atoms with Crippen LogP contribution in [0.1, 0.15) is 11.1 Å². The monoisotopic (exact) mass is 254 g/mol. The fraction of sp³-hybridized carbons (Fsp3) is 0.250. The zero-order valence-corrected chi connectivity index (χ0v) is 11.7. The molecule has 0 fully saturated rings. The summed E-state index contributed by atoms with van der Waals surface area (Å²) >= 11 is 0. The van der Waals surface area contributed by atoms with Gasteiger partial charge < -0.3 is 15.0 Å². The molecule has 98 valence electrons. The van der Waals surface area contributed by atoms with E-state index in [-0.39, 0.29) is 0 Å². The molecule has 2 aromatic carbocycles. The van der Waals surface area contributed by atoms with Gasteiger partial charge in [-0.15, -0.1) is 0 Å². The van der Waals surface area contributed by atoms with Crippen LogP contribution in [-0.4, -0.2) is 14.1 Å². The van der Waals surface area contributed by atoms with Gasteiger partial charge in [0.15, 0.2) is 11.5 Å². The quantitative estimate of drug-likeness (QED) is 0.703. The first kappa shape index (κ1) is 11.9. The molecular weight excluding hydrogens is 236 g/mol. The molecule has 0 unspecified atom stereocenters. The summed E-state index contributed by atoms with van der Waals surface area (Å²) < 4.78 is 5.99. The molecule has 3 rings (SSSR count). The van der Waals surface area contributed by atoms with Crippen LogP contribution in [0.4, 0.5) is 17.1 Å². The molecule has 0 aliphatic carbocycles. The molecule has 1 aliphatic rings. The molecule has 2 aromatic rings. The summed E-state index contributed by atoms with van der Waals surface area (Å²) in [6, 6.07) is 10.4. The van der Waals surface area contributed by atoms with Crippen molar-refractivity contribution in [2.24, 2.45) is 0 Å². The predicted octanol–water partition coefficient (Wildman–Crippen LogP) is 4.22. The number of benzene rings is 2. The molecule has 0 aromatic heterocycles. The van der Waals surface area contributed by atoms with E-state index in [2.05, 4.69) is 48.3 Å². The SMILES string of the molecule is Cc1ccc2c(c1)Nc1cc(C)c(N(C)C)cc1O2. The fourth-order valence-corrected chi connectivity index (χ4v) is 2.44. The summed E-state index contributed by atoms with van der Waals surface area (Å²) in [6.45, 7) is 4.20. The van der Waals surface area contributed by atoms with Crippen LogP contribution in [-0.2, 0) is 0 Å². The van der Waals surface area contributed by atoms with Crippen molar-refractivity contribution in [3.63, 3.8) is 0 Å². The number of aryl methyl sites for hydroxylation is 2. The van der Waals surface area contributed by atoms with Crippen LogP contribution in [0.5, 0.6) is 11.5 Å². The fourth-order valence-electron chi connectivity index (χ4n) is 2.44. The highest BCUT2D eigenvalue weighted by Gasteiger charge is 2.18. The first-order chi connectivity index (χ1) is 9.04. The van der Waals surface area contributed by atoms with Gasteiger partial charge >= 0.3 is 0 Å². The van der Waals surface area contributed by atoms with Crippen LogP contribution in [0.25, 0.3) is 0 Å². The van der Waals surface area contributed by atoms with E-state index in [4.69, 9.17) is 4.74 Å². The Balaban J connectivity index is 2.07. The normalized spacial score (nSPS) is 12.0. The molecule has 1 aliphatic heterocycles. The molecule has 0 saturated heterocycles. The van der Waals surface area contributed by atoms with Crippen molar-refractivity contribution in [3.8, 4) is 11.5 Å². The van der Waals surface area contributed by atoms with Crippen LogP contribution in [0.3, 0.4) is 0 Å². The molecule has 0 radical (unpaired) electrons. The van der Waals surface area contributed by atoms with Crippen molar-refractivity contribution in [2.75, 3.05) is 24.3 Å².